The fourth-order valence-corrected chi connectivity index (χ4v) is 5.17. The van der Waals surface area contributed by atoms with Crippen LogP contribution in [0.1, 0.15) is 41.2 Å². The summed E-state index contributed by atoms with van der Waals surface area (Å²) in [4.78, 5) is 28.7. The molecule has 1 N–H and O–H groups in total. The summed E-state index contributed by atoms with van der Waals surface area (Å²) in [6.45, 7) is 7.12. The lowest BCUT2D eigenvalue weighted by atomic mass is 10.0. The van der Waals surface area contributed by atoms with Crippen molar-refractivity contribution in [2.75, 3.05) is 12.3 Å². The Labute approximate surface area is 224 Å². The largest absolute Gasteiger partial charge is 0.354 e. The average Bonchev–Trinajstić information content (AvgIpc) is 2.85. The molecule has 1 unspecified atom stereocenters. The number of rotatable bonds is 12. The molecule has 6 heteroatoms. The first kappa shape index (κ1) is 27.8. The first-order valence-corrected chi connectivity index (χ1v) is 13.9. The van der Waals surface area contributed by atoms with Crippen LogP contribution in [0.4, 0.5) is 0 Å². The fourth-order valence-electron chi connectivity index (χ4n) is 4.20. The van der Waals surface area contributed by atoms with Crippen LogP contribution in [0.15, 0.2) is 72.8 Å². The van der Waals surface area contributed by atoms with Gasteiger partial charge in [0.1, 0.15) is 6.04 Å². The Hall–Kier alpha value is -2.76. The molecule has 3 aromatic carbocycles. The van der Waals surface area contributed by atoms with Crippen molar-refractivity contribution >= 4 is 35.2 Å². The molecule has 0 fully saturated rings. The highest BCUT2D eigenvalue weighted by Gasteiger charge is 2.30. The van der Waals surface area contributed by atoms with Gasteiger partial charge in [-0.15, -0.1) is 11.8 Å². The second kappa shape index (κ2) is 14.1. The minimum atomic E-state index is -0.607. The SMILES string of the molecule is CCCNC(=O)C(Cc1ccccc1)N(Cc1ccc(Cl)cc1)C(=O)CSCc1cc(C)cc(C)c1. The van der Waals surface area contributed by atoms with E-state index >= 15 is 0 Å². The Bertz CT molecular complexity index is 1120. The smallest absolute Gasteiger partial charge is 0.243 e. The molecule has 3 rings (SSSR count). The van der Waals surface area contributed by atoms with Crippen LogP contribution in [0.5, 0.6) is 0 Å². The highest BCUT2D eigenvalue weighted by atomic mass is 35.5. The first-order chi connectivity index (χ1) is 17.4. The Morgan fingerprint density at radius 2 is 1.58 bits per heavy atom. The van der Waals surface area contributed by atoms with Crippen LogP contribution in [-0.2, 0) is 28.3 Å². The Balaban J connectivity index is 1.83. The lowest BCUT2D eigenvalue weighted by molar-refractivity contribution is -0.139. The number of hydrogen-bond acceptors (Lipinski definition) is 3. The monoisotopic (exact) mass is 522 g/mol. The Kier molecular flexibility index (Phi) is 10.9. The number of benzene rings is 3. The van der Waals surface area contributed by atoms with Gasteiger partial charge >= 0.3 is 0 Å². The van der Waals surface area contributed by atoms with Crippen LogP contribution in [0.3, 0.4) is 0 Å². The number of aryl methyl sites for hydroxylation is 2. The maximum atomic E-state index is 13.6. The zero-order chi connectivity index (χ0) is 25.9. The minimum absolute atomic E-state index is 0.0492. The first-order valence-electron chi connectivity index (χ1n) is 12.4. The summed E-state index contributed by atoms with van der Waals surface area (Å²) in [7, 11) is 0. The predicted molar refractivity (Wildman–Crippen MR) is 151 cm³/mol. The number of amides is 2. The number of hydrogen-bond donors (Lipinski definition) is 1. The molecule has 190 valence electrons. The lowest BCUT2D eigenvalue weighted by Crippen LogP contribution is -2.51. The highest BCUT2D eigenvalue weighted by Crippen LogP contribution is 2.20. The normalized spacial score (nSPS) is 11.7. The van der Waals surface area contributed by atoms with Crippen LogP contribution in [0.2, 0.25) is 5.02 Å². The quantitative estimate of drug-likeness (QED) is 0.301. The maximum Gasteiger partial charge on any atom is 0.243 e. The average molecular weight is 523 g/mol. The van der Waals surface area contributed by atoms with Crippen LogP contribution in [-0.4, -0.2) is 35.1 Å². The molecule has 0 heterocycles. The standard InChI is InChI=1S/C30H35ClN2O2S/c1-4-14-32-30(35)28(18-24-8-6-5-7-9-24)33(19-25-10-12-27(31)13-11-25)29(34)21-36-20-26-16-22(2)15-23(3)17-26/h5-13,15-17,28H,4,14,18-21H2,1-3H3,(H,32,35). The molecule has 2 amide bonds. The molecule has 0 aromatic heterocycles. The summed E-state index contributed by atoms with van der Waals surface area (Å²) in [5.41, 5.74) is 5.60. The van der Waals surface area contributed by atoms with E-state index in [1.54, 1.807) is 16.7 Å². The molecule has 0 saturated heterocycles. The molecule has 0 radical (unpaired) electrons. The van der Waals surface area contributed by atoms with Crippen LogP contribution >= 0.6 is 23.4 Å². The Morgan fingerprint density at radius 1 is 0.917 bits per heavy atom. The van der Waals surface area contributed by atoms with E-state index in [0.29, 0.717) is 30.3 Å². The van der Waals surface area contributed by atoms with Crippen molar-refractivity contribution in [3.05, 3.63) is 106 Å². The number of halogens is 1. The van der Waals surface area contributed by atoms with E-state index in [-0.39, 0.29) is 11.8 Å². The van der Waals surface area contributed by atoms with Gasteiger partial charge in [-0.25, -0.2) is 0 Å². The number of carbonyl (C=O) groups excluding carboxylic acids is 2. The molecule has 4 nitrogen and oxygen atoms in total. The van der Waals surface area contributed by atoms with Gasteiger partial charge in [0.25, 0.3) is 0 Å². The Morgan fingerprint density at radius 3 is 2.22 bits per heavy atom. The van der Waals surface area contributed by atoms with Gasteiger partial charge in [-0.2, -0.15) is 0 Å². The molecule has 0 aliphatic rings. The molecule has 0 spiro atoms. The summed E-state index contributed by atoms with van der Waals surface area (Å²) >= 11 is 7.67. The predicted octanol–water partition coefficient (Wildman–Crippen LogP) is 6.36. The van der Waals surface area contributed by atoms with E-state index in [2.05, 4.69) is 37.4 Å². The molecule has 0 bridgehead atoms. The van der Waals surface area contributed by atoms with E-state index < -0.39 is 6.04 Å². The van der Waals surface area contributed by atoms with E-state index in [1.165, 1.54) is 16.7 Å². The maximum absolute atomic E-state index is 13.6. The summed E-state index contributed by atoms with van der Waals surface area (Å²) in [6, 6.07) is 23.2. The van der Waals surface area contributed by atoms with Gasteiger partial charge in [0.15, 0.2) is 0 Å². The van der Waals surface area contributed by atoms with Crippen molar-refractivity contribution in [1.29, 1.82) is 0 Å². The van der Waals surface area contributed by atoms with Gasteiger partial charge in [-0.3, -0.25) is 9.59 Å². The van der Waals surface area contributed by atoms with Gasteiger partial charge in [0.2, 0.25) is 11.8 Å². The van der Waals surface area contributed by atoms with Crippen molar-refractivity contribution in [2.45, 2.75) is 52.0 Å². The summed E-state index contributed by atoms with van der Waals surface area (Å²) < 4.78 is 0. The number of nitrogens with zero attached hydrogens (tertiary/aromatic N) is 1. The molecular formula is C30H35ClN2O2S. The number of nitrogens with one attached hydrogen (secondary N) is 1. The zero-order valence-corrected chi connectivity index (χ0v) is 22.9. The molecule has 0 aliphatic heterocycles. The van der Waals surface area contributed by atoms with Crippen molar-refractivity contribution in [3.63, 3.8) is 0 Å². The second-order valence-electron chi connectivity index (χ2n) is 9.13. The third-order valence-electron chi connectivity index (χ3n) is 5.86. The van der Waals surface area contributed by atoms with E-state index in [9.17, 15) is 9.59 Å². The van der Waals surface area contributed by atoms with Gasteiger partial charge in [0, 0.05) is 30.3 Å². The molecule has 3 aromatic rings. The molecule has 0 saturated carbocycles. The van der Waals surface area contributed by atoms with Crippen molar-refractivity contribution < 1.29 is 9.59 Å². The fraction of sp³-hybridized carbons (Fsp3) is 0.333. The molecule has 36 heavy (non-hydrogen) atoms. The third kappa shape index (κ3) is 8.72. The van der Waals surface area contributed by atoms with E-state index in [4.69, 9.17) is 11.6 Å². The number of carbonyl (C=O) groups is 2. The lowest BCUT2D eigenvalue weighted by Gasteiger charge is -2.31. The van der Waals surface area contributed by atoms with Gasteiger partial charge in [-0.05, 0) is 49.1 Å². The van der Waals surface area contributed by atoms with Crippen LogP contribution in [0.25, 0.3) is 0 Å². The number of thioether (sulfide) groups is 1. The van der Waals surface area contributed by atoms with Gasteiger partial charge in [-0.1, -0.05) is 90.3 Å². The van der Waals surface area contributed by atoms with Crippen molar-refractivity contribution in [2.24, 2.45) is 0 Å². The second-order valence-corrected chi connectivity index (χ2v) is 10.6. The summed E-state index contributed by atoms with van der Waals surface area (Å²) in [5, 5.41) is 3.66. The summed E-state index contributed by atoms with van der Waals surface area (Å²) in [6.07, 6.45) is 1.29. The zero-order valence-electron chi connectivity index (χ0n) is 21.3. The molecular weight excluding hydrogens is 488 g/mol. The highest BCUT2D eigenvalue weighted by molar-refractivity contribution is 7.99. The van der Waals surface area contributed by atoms with E-state index in [0.717, 1.165) is 23.3 Å². The van der Waals surface area contributed by atoms with Crippen LogP contribution in [0, 0.1) is 13.8 Å². The van der Waals surface area contributed by atoms with Crippen LogP contribution < -0.4 is 5.32 Å². The van der Waals surface area contributed by atoms with E-state index in [1.807, 2.05) is 61.5 Å². The molecule has 0 aliphatic carbocycles. The van der Waals surface area contributed by atoms with Gasteiger partial charge in [0.05, 0.1) is 5.75 Å². The minimum Gasteiger partial charge on any atom is -0.354 e. The topological polar surface area (TPSA) is 49.4 Å². The molecule has 1 atom stereocenters. The summed E-state index contributed by atoms with van der Waals surface area (Å²) in [5.74, 6) is 0.871. The van der Waals surface area contributed by atoms with Gasteiger partial charge < -0.3 is 10.2 Å². The van der Waals surface area contributed by atoms with Crippen molar-refractivity contribution in [3.8, 4) is 0 Å². The van der Waals surface area contributed by atoms with Crippen molar-refractivity contribution in [1.82, 2.24) is 10.2 Å². The third-order valence-corrected chi connectivity index (χ3v) is 7.10.